The molecular weight excluding hydrogens is 372 g/mol. The Labute approximate surface area is 166 Å². The van der Waals surface area contributed by atoms with Gasteiger partial charge in [0.05, 0.1) is 10.8 Å². The van der Waals surface area contributed by atoms with Gasteiger partial charge in [0.15, 0.2) is 5.76 Å². The van der Waals surface area contributed by atoms with Gasteiger partial charge in [0, 0.05) is 30.8 Å². The summed E-state index contributed by atoms with van der Waals surface area (Å²) in [7, 11) is 0. The quantitative estimate of drug-likeness (QED) is 0.635. The number of carbonyl (C=O) groups excluding carboxylic acids is 1. The fourth-order valence-electron chi connectivity index (χ4n) is 3.65. The van der Waals surface area contributed by atoms with Crippen LogP contribution in [0.4, 0.5) is 5.69 Å². The molecule has 2 heterocycles. The van der Waals surface area contributed by atoms with Gasteiger partial charge in [-0.3, -0.25) is 14.9 Å². The number of nitro benzene ring substituents is 1. The molecule has 2 aliphatic heterocycles. The highest BCUT2D eigenvalue weighted by Crippen LogP contribution is 2.43. The van der Waals surface area contributed by atoms with Crippen molar-refractivity contribution in [1.29, 1.82) is 5.26 Å². The van der Waals surface area contributed by atoms with Gasteiger partial charge in [-0.1, -0.05) is 42.5 Å². The number of allylic oxidation sites excluding steroid dienone is 1. The van der Waals surface area contributed by atoms with Crippen molar-refractivity contribution >= 4 is 11.6 Å². The van der Waals surface area contributed by atoms with Crippen LogP contribution >= 0.6 is 0 Å². The third-order valence-electron chi connectivity index (χ3n) is 5.02. The maximum absolute atomic E-state index is 12.9. The highest BCUT2D eigenvalue weighted by molar-refractivity contribution is 5.96. The summed E-state index contributed by atoms with van der Waals surface area (Å²) in [4.78, 5) is 25.0. The molecule has 0 saturated heterocycles. The van der Waals surface area contributed by atoms with Gasteiger partial charge >= 0.3 is 0 Å². The molecule has 2 aromatic carbocycles. The third-order valence-corrected chi connectivity index (χ3v) is 5.02. The Hall–Kier alpha value is -4.12. The van der Waals surface area contributed by atoms with E-state index >= 15 is 0 Å². The first-order valence-corrected chi connectivity index (χ1v) is 8.87. The van der Waals surface area contributed by atoms with E-state index in [1.807, 2.05) is 30.3 Å². The number of non-ortho nitro benzene ring substituents is 1. The normalized spacial score (nSPS) is 18.4. The molecule has 0 aliphatic carbocycles. The van der Waals surface area contributed by atoms with E-state index in [0.717, 1.165) is 5.56 Å². The number of hydrogen-bond donors (Lipinski definition) is 1. The van der Waals surface area contributed by atoms with Crippen LogP contribution in [0.1, 0.15) is 17.0 Å². The van der Waals surface area contributed by atoms with E-state index in [4.69, 9.17) is 10.5 Å². The molecule has 2 aliphatic rings. The van der Waals surface area contributed by atoms with Crippen LogP contribution in [-0.2, 0) is 16.1 Å². The van der Waals surface area contributed by atoms with Crippen molar-refractivity contribution < 1.29 is 14.5 Å². The van der Waals surface area contributed by atoms with E-state index in [9.17, 15) is 20.2 Å². The molecule has 29 heavy (non-hydrogen) atoms. The Balaban J connectivity index is 1.70. The predicted molar refractivity (Wildman–Crippen MR) is 103 cm³/mol. The van der Waals surface area contributed by atoms with Gasteiger partial charge in [0.1, 0.15) is 11.6 Å². The maximum Gasteiger partial charge on any atom is 0.290 e. The molecule has 4 rings (SSSR count). The Morgan fingerprint density at radius 2 is 1.90 bits per heavy atom. The first-order chi connectivity index (χ1) is 14.0. The summed E-state index contributed by atoms with van der Waals surface area (Å²) < 4.78 is 5.52. The molecule has 0 spiro atoms. The van der Waals surface area contributed by atoms with Gasteiger partial charge in [0.2, 0.25) is 5.88 Å². The lowest BCUT2D eigenvalue weighted by Gasteiger charge is -2.24. The fraction of sp³-hybridized carbons (Fsp3) is 0.143. The Morgan fingerprint density at radius 1 is 1.21 bits per heavy atom. The molecular formula is C21H16N4O4. The van der Waals surface area contributed by atoms with Crippen LogP contribution in [0.3, 0.4) is 0 Å². The van der Waals surface area contributed by atoms with Gasteiger partial charge in [0.25, 0.3) is 11.6 Å². The molecule has 1 unspecified atom stereocenters. The minimum atomic E-state index is -0.589. The Morgan fingerprint density at radius 3 is 2.52 bits per heavy atom. The summed E-state index contributed by atoms with van der Waals surface area (Å²) in [5, 5.41) is 20.6. The zero-order chi connectivity index (χ0) is 20.5. The lowest BCUT2D eigenvalue weighted by atomic mass is 9.83. The van der Waals surface area contributed by atoms with Crippen LogP contribution in [0.2, 0.25) is 0 Å². The number of ether oxygens (including phenoxy) is 1. The molecule has 0 saturated carbocycles. The number of nitriles is 1. The van der Waals surface area contributed by atoms with E-state index < -0.39 is 10.8 Å². The smallest absolute Gasteiger partial charge is 0.290 e. The van der Waals surface area contributed by atoms with Gasteiger partial charge in [-0.2, -0.15) is 5.26 Å². The summed E-state index contributed by atoms with van der Waals surface area (Å²) in [6.45, 7) is 0.675. The minimum Gasteiger partial charge on any atom is -0.435 e. The number of rotatable bonds is 4. The molecule has 2 aromatic rings. The monoisotopic (exact) mass is 388 g/mol. The van der Waals surface area contributed by atoms with Crippen molar-refractivity contribution in [2.24, 2.45) is 5.73 Å². The number of hydrogen-bond acceptors (Lipinski definition) is 6. The van der Waals surface area contributed by atoms with Gasteiger partial charge in [-0.25, -0.2) is 0 Å². The fourth-order valence-corrected chi connectivity index (χ4v) is 3.65. The molecule has 144 valence electrons. The van der Waals surface area contributed by atoms with Crippen LogP contribution in [0.5, 0.6) is 0 Å². The van der Waals surface area contributed by atoms with Crippen molar-refractivity contribution in [2.45, 2.75) is 12.5 Å². The third kappa shape index (κ3) is 3.19. The topological polar surface area (TPSA) is 122 Å². The van der Waals surface area contributed by atoms with E-state index in [-0.39, 0.29) is 35.4 Å². The van der Waals surface area contributed by atoms with Crippen molar-refractivity contribution in [3.63, 3.8) is 0 Å². The van der Waals surface area contributed by atoms with Crippen LogP contribution < -0.4 is 5.73 Å². The standard InChI is InChI=1S/C21H16N4O4/c22-10-16-18(14-6-8-15(9-7-14)25(27)28)17-12-24(11-13-4-2-1-3-5-13)21(26)19(17)29-20(16)23/h1-9,18H,11-12,23H2. The largest absolute Gasteiger partial charge is 0.435 e. The number of carbonyl (C=O) groups is 1. The number of nitrogens with two attached hydrogens (primary N) is 1. The molecule has 1 amide bonds. The van der Waals surface area contributed by atoms with Crippen LogP contribution in [-0.4, -0.2) is 22.3 Å². The summed E-state index contributed by atoms with van der Waals surface area (Å²) >= 11 is 0. The van der Waals surface area contributed by atoms with Crippen LogP contribution in [0, 0.1) is 21.4 Å². The Bertz CT molecular complexity index is 1100. The Kier molecular flexibility index (Phi) is 4.49. The number of amides is 1. The molecule has 1 atom stereocenters. The van der Waals surface area contributed by atoms with E-state index in [1.54, 1.807) is 17.0 Å². The predicted octanol–water partition coefficient (Wildman–Crippen LogP) is 2.70. The van der Waals surface area contributed by atoms with Crippen molar-refractivity contribution in [3.05, 3.63) is 98.6 Å². The van der Waals surface area contributed by atoms with Gasteiger partial charge in [-0.15, -0.1) is 0 Å². The van der Waals surface area contributed by atoms with E-state index in [2.05, 4.69) is 6.07 Å². The second-order valence-corrected chi connectivity index (χ2v) is 6.77. The van der Waals surface area contributed by atoms with Crippen LogP contribution in [0.15, 0.2) is 77.4 Å². The average Bonchev–Trinajstić information content (AvgIpc) is 3.03. The summed E-state index contributed by atoms with van der Waals surface area (Å²) in [5.74, 6) is -0.879. The van der Waals surface area contributed by atoms with Crippen LogP contribution in [0.25, 0.3) is 0 Å². The molecule has 0 bridgehead atoms. The zero-order valence-corrected chi connectivity index (χ0v) is 15.2. The summed E-state index contributed by atoms with van der Waals surface area (Å²) in [6.07, 6.45) is 0. The maximum atomic E-state index is 12.9. The second kappa shape index (κ2) is 7.13. The van der Waals surface area contributed by atoms with Gasteiger partial charge < -0.3 is 15.4 Å². The molecule has 8 heteroatoms. The second-order valence-electron chi connectivity index (χ2n) is 6.77. The van der Waals surface area contributed by atoms with Crippen molar-refractivity contribution in [2.75, 3.05) is 6.54 Å². The number of benzene rings is 2. The summed E-state index contributed by atoms with van der Waals surface area (Å²) in [5.41, 5.74) is 8.30. The lowest BCUT2D eigenvalue weighted by molar-refractivity contribution is -0.384. The minimum absolute atomic E-state index is 0.0568. The SMILES string of the molecule is N#CC1=C(N)OC2=C(CN(Cc3ccccc3)C2=O)C1c1ccc([N+](=O)[O-])cc1. The summed E-state index contributed by atoms with van der Waals surface area (Å²) in [6, 6.07) is 17.5. The zero-order valence-electron chi connectivity index (χ0n) is 15.2. The van der Waals surface area contributed by atoms with Crippen molar-refractivity contribution in [3.8, 4) is 6.07 Å². The van der Waals surface area contributed by atoms with Crippen molar-refractivity contribution in [1.82, 2.24) is 4.90 Å². The molecule has 2 N–H and O–H groups in total. The van der Waals surface area contributed by atoms with E-state index in [1.165, 1.54) is 12.1 Å². The van der Waals surface area contributed by atoms with Gasteiger partial charge in [-0.05, 0) is 11.1 Å². The number of nitro groups is 1. The van der Waals surface area contributed by atoms with E-state index in [0.29, 0.717) is 17.7 Å². The first-order valence-electron chi connectivity index (χ1n) is 8.87. The first kappa shape index (κ1) is 18.3. The average molecular weight is 388 g/mol. The molecule has 0 radical (unpaired) electrons. The highest BCUT2D eigenvalue weighted by Gasteiger charge is 2.42. The lowest BCUT2D eigenvalue weighted by Crippen LogP contribution is -2.27. The highest BCUT2D eigenvalue weighted by atomic mass is 16.6. The molecule has 8 nitrogen and oxygen atoms in total. The number of nitrogens with zero attached hydrogens (tertiary/aromatic N) is 3. The molecule has 0 fully saturated rings. The molecule has 0 aromatic heterocycles.